The van der Waals surface area contributed by atoms with E-state index in [1.54, 1.807) is 34.1 Å². The smallest absolute Gasteiger partial charge is 0.253 e. The van der Waals surface area contributed by atoms with E-state index in [9.17, 15) is 18.8 Å². The van der Waals surface area contributed by atoms with Crippen LogP contribution in [0.2, 0.25) is 0 Å². The Balaban J connectivity index is 2.11. The van der Waals surface area contributed by atoms with Crippen LogP contribution in [-0.2, 0) is 9.59 Å². The summed E-state index contributed by atoms with van der Waals surface area (Å²) in [4.78, 5) is 39.6. The number of amides is 3. The fourth-order valence-electron chi connectivity index (χ4n) is 2.99. The fourth-order valence-corrected chi connectivity index (χ4v) is 2.99. The summed E-state index contributed by atoms with van der Waals surface area (Å²) in [7, 11) is 0. The van der Waals surface area contributed by atoms with Crippen molar-refractivity contribution in [3.8, 4) is 0 Å². The van der Waals surface area contributed by atoms with E-state index < -0.39 is 11.7 Å². The Bertz CT molecular complexity index is 882. The number of carbonyl (C=O) groups excluding carboxylic acids is 3. The molecule has 0 atom stereocenters. The first-order chi connectivity index (χ1) is 14.3. The van der Waals surface area contributed by atoms with Crippen molar-refractivity contribution in [2.45, 2.75) is 20.3 Å². The lowest BCUT2D eigenvalue weighted by Crippen LogP contribution is -2.35. The van der Waals surface area contributed by atoms with Gasteiger partial charge in [0.05, 0.1) is 6.54 Å². The molecule has 0 aliphatic rings. The van der Waals surface area contributed by atoms with Crippen LogP contribution < -0.4 is 16.0 Å². The van der Waals surface area contributed by atoms with Gasteiger partial charge in [0, 0.05) is 43.0 Å². The van der Waals surface area contributed by atoms with Crippen molar-refractivity contribution in [3.63, 3.8) is 0 Å². The van der Waals surface area contributed by atoms with Crippen molar-refractivity contribution < 1.29 is 18.8 Å². The molecule has 2 aromatic rings. The molecule has 0 spiro atoms. The third-order valence-electron chi connectivity index (χ3n) is 4.60. The topological polar surface area (TPSA) is 95.7 Å². The van der Waals surface area contributed by atoms with Gasteiger partial charge in [-0.3, -0.25) is 14.4 Å². The maximum atomic E-state index is 13.2. The molecule has 30 heavy (non-hydrogen) atoms. The summed E-state index contributed by atoms with van der Waals surface area (Å²) in [5.74, 6) is -1.33. The standard InChI is InChI=1S/C22H27FN4O3/c1-3-26(4-2)22(30)16-6-5-7-18(14-16)25-21(29)15-27(13-12-20(24)28)19-10-8-17(23)9-11-19/h5-11,14H,3-4,12-13,15H2,1-2H3,(H2,24,28)(H,25,29). The number of primary amides is 1. The third kappa shape index (κ3) is 6.58. The average Bonchev–Trinajstić information content (AvgIpc) is 2.72. The predicted octanol–water partition coefficient (Wildman–Crippen LogP) is 2.63. The molecule has 0 bridgehead atoms. The summed E-state index contributed by atoms with van der Waals surface area (Å²) in [6, 6.07) is 12.4. The van der Waals surface area contributed by atoms with Gasteiger partial charge in [-0.25, -0.2) is 4.39 Å². The predicted molar refractivity (Wildman–Crippen MR) is 115 cm³/mol. The summed E-state index contributed by atoms with van der Waals surface area (Å²) < 4.78 is 13.2. The normalized spacial score (nSPS) is 10.4. The highest BCUT2D eigenvalue weighted by Gasteiger charge is 2.15. The van der Waals surface area contributed by atoms with E-state index in [2.05, 4.69) is 5.32 Å². The quantitative estimate of drug-likeness (QED) is 0.625. The highest BCUT2D eigenvalue weighted by Crippen LogP contribution is 2.17. The van der Waals surface area contributed by atoms with E-state index in [1.807, 2.05) is 13.8 Å². The van der Waals surface area contributed by atoms with Crippen LogP contribution in [0.15, 0.2) is 48.5 Å². The van der Waals surface area contributed by atoms with E-state index in [-0.39, 0.29) is 31.3 Å². The number of nitrogens with zero attached hydrogens (tertiary/aromatic N) is 2. The second-order valence-electron chi connectivity index (χ2n) is 6.72. The molecule has 2 aromatic carbocycles. The molecular formula is C22H27FN4O3. The number of nitrogens with two attached hydrogens (primary N) is 1. The number of benzene rings is 2. The van der Waals surface area contributed by atoms with Gasteiger partial charge < -0.3 is 20.9 Å². The van der Waals surface area contributed by atoms with Crippen molar-refractivity contribution in [2.24, 2.45) is 5.73 Å². The molecule has 0 fully saturated rings. The van der Waals surface area contributed by atoms with Crippen molar-refractivity contribution in [1.82, 2.24) is 4.90 Å². The summed E-state index contributed by atoms with van der Waals surface area (Å²) in [5.41, 5.74) is 6.80. The first kappa shape index (κ1) is 22.9. The molecule has 0 unspecified atom stereocenters. The Kier molecular flexibility index (Phi) is 8.34. The van der Waals surface area contributed by atoms with Gasteiger partial charge >= 0.3 is 0 Å². The van der Waals surface area contributed by atoms with E-state index in [0.717, 1.165) is 0 Å². The van der Waals surface area contributed by atoms with E-state index >= 15 is 0 Å². The summed E-state index contributed by atoms with van der Waals surface area (Å²) in [6.07, 6.45) is 0.0541. The number of rotatable bonds is 10. The summed E-state index contributed by atoms with van der Waals surface area (Å²) in [6.45, 7) is 5.16. The molecule has 8 heteroatoms. The second kappa shape index (κ2) is 10.9. The Morgan fingerprint density at radius 1 is 1.03 bits per heavy atom. The van der Waals surface area contributed by atoms with Crippen molar-refractivity contribution in [2.75, 3.05) is 36.4 Å². The number of hydrogen-bond donors (Lipinski definition) is 2. The molecule has 0 saturated carbocycles. The van der Waals surface area contributed by atoms with Gasteiger partial charge in [0.1, 0.15) is 5.82 Å². The van der Waals surface area contributed by atoms with Crippen LogP contribution in [0.25, 0.3) is 0 Å². The Morgan fingerprint density at radius 3 is 2.30 bits per heavy atom. The van der Waals surface area contributed by atoms with Crippen LogP contribution in [0.5, 0.6) is 0 Å². The van der Waals surface area contributed by atoms with Gasteiger partial charge in [-0.15, -0.1) is 0 Å². The zero-order chi connectivity index (χ0) is 22.1. The monoisotopic (exact) mass is 414 g/mol. The minimum atomic E-state index is -0.495. The minimum absolute atomic E-state index is 0.0541. The van der Waals surface area contributed by atoms with Gasteiger partial charge in [0.25, 0.3) is 5.91 Å². The molecule has 7 nitrogen and oxygen atoms in total. The highest BCUT2D eigenvalue weighted by molar-refractivity contribution is 5.98. The maximum Gasteiger partial charge on any atom is 0.253 e. The van der Waals surface area contributed by atoms with Gasteiger partial charge in [0.2, 0.25) is 11.8 Å². The zero-order valence-electron chi connectivity index (χ0n) is 17.2. The number of carbonyl (C=O) groups is 3. The van der Waals surface area contributed by atoms with Gasteiger partial charge in [0.15, 0.2) is 0 Å². The fraction of sp³-hybridized carbons (Fsp3) is 0.318. The molecule has 3 N–H and O–H groups in total. The SMILES string of the molecule is CCN(CC)C(=O)c1cccc(NC(=O)CN(CCC(N)=O)c2ccc(F)cc2)c1. The van der Waals surface area contributed by atoms with Crippen LogP contribution >= 0.6 is 0 Å². The van der Waals surface area contributed by atoms with Crippen LogP contribution in [0.1, 0.15) is 30.6 Å². The Morgan fingerprint density at radius 2 is 1.70 bits per heavy atom. The molecule has 160 valence electrons. The molecule has 0 aromatic heterocycles. The number of hydrogen-bond acceptors (Lipinski definition) is 4. The zero-order valence-corrected chi connectivity index (χ0v) is 17.2. The number of nitrogens with one attached hydrogen (secondary N) is 1. The van der Waals surface area contributed by atoms with Gasteiger partial charge in [-0.05, 0) is 56.3 Å². The van der Waals surface area contributed by atoms with Crippen molar-refractivity contribution in [1.29, 1.82) is 0 Å². The third-order valence-corrected chi connectivity index (χ3v) is 4.60. The lowest BCUT2D eigenvalue weighted by atomic mass is 10.1. The Hall–Kier alpha value is -3.42. The highest BCUT2D eigenvalue weighted by atomic mass is 19.1. The lowest BCUT2D eigenvalue weighted by Gasteiger charge is -2.24. The Labute approximate surface area is 175 Å². The molecule has 0 aliphatic carbocycles. The second-order valence-corrected chi connectivity index (χ2v) is 6.72. The molecule has 0 aliphatic heterocycles. The molecule has 0 saturated heterocycles. The minimum Gasteiger partial charge on any atom is -0.370 e. The van der Waals surface area contributed by atoms with E-state index in [1.165, 1.54) is 24.3 Å². The maximum absolute atomic E-state index is 13.2. The molecule has 3 amide bonds. The largest absolute Gasteiger partial charge is 0.370 e. The van der Waals surface area contributed by atoms with Crippen molar-refractivity contribution >= 4 is 29.1 Å². The van der Waals surface area contributed by atoms with Crippen LogP contribution in [0, 0.1) is 5.82 Å². The first-order valence-corrected chi connectivity index (χ1v) is 9.82. The van der Waals surface area contributed by atoms with Gasteiger partial charge in [-0.1, -0.05) is 6.07 Å². The molecule has 0 radical (unpaired) electrons. The first-order valence-electron chi connectivity index (χ1n) is 9.82. The van der Waals surface area contributed by atoms with Crippen LogP contribution in [-0.4, -0.2) is 48.8 Å². The van der Waals surface area contributed by atoms with E-state index in [0.29, 0.717) is 30.0 Å². The summed E-state index contributed by atoms with van der Waals surface area (Å²) in [5, 5.41) is 2.77. The molecule has 0 heterocycles. The lowest BCUT2D eigenvalue weighted by molar-refractivity contribution is -0.118. The van der Waals surface area contributed by atoms with Crippen LogP contribution in [0.3, 0.4) is 0 Å². The number of halogens is 1. The molecule has 2 rings (SSSR count). The summed E-state index contributed by atoms with van der Waals surface area (Å²) >= 11 is 0. The molecular weight excluding hydrogens is 387 g/mol. The van der Waals surface area contributed by atoms with Crippen LogP contribution in [0.4, 0.5) is 15.8 Å². The van der Waals surface area contributed by atoms with Gasteiger partial charge in [-0.2, -0.15) is 0 Å². The average molecular weight is 414 g/mol. The van der Waals surface area contributed by atoms with E-state index in [4.69, 9.17) is 5.73 Å². The number of anilines is 2. The van der Waals surface area contributed by atoms with Crippen molar-refractivity contribution in [3.05, 3.63) is 59.9 Å².